The van der Waals surface area contributed by atoms with Gasteiger partial charge in [-0.25, -0.2) is 13.2 Å². The first-order valence-corrected chi connectivity index (χ1v) is 8.01. The van der Waals surface area contributed by atoms with Gasteiger partial charge in [-0.2, -0.15) is 0 Å². The Hall–Kier alpha value is -1.22. The van der Waals surface area contributed by atoms with Crippen molar-refractivity contribution in [2.24, 2.45) is 0 Å². The van der Waals surface area contributed by atoms with Gasteiger partial charge >= 0.3 is 6.03 Å². The van der Waals surface area contributed by atoms with Crippen molar-refractivity contribution in [3.8, 4) is 0 Å². The standard InChI is InChI=1S/C9H14N4O3S2/c1-3-6-18(15,16)8-11-10-7(17-8)13-5-4-12(2)9(13)14/h3-6H2,1-2H3. The van der Waals surface area contributed by atoms with E-state index in [-0.39, 0.29) is 16.1 Å². The van der Waals surface area contributed by atoms with Crippen LogP contribution in [0.25, 0.3) is 0 Å². The summed E-state index contributed by atoms with van der Waals surface area (Å²) < 4.78 is 23.6. The average Bonchev–Trinajstić information content (AvgIpc) is 2.88. The normalized spacial score (nSPS) is 16.7. The second-order valence-corrected chi connectivity index (χ2v) is 7.26. The van der Waals surface area contributed by atoms with Gasteiger partial charge in [-0.15, -0.1) is 10.2 Å². The van der Waals surface area contributed by atoms with Crippen LogP contribution in [-0.4, -0.2) is 55.4 Å². The fraction of sp³-hybridized carbons (Fsp3) is 0.667. The van der Waals surface area contributed by atoms with Crippen LogP contribution in [0, 0.1) is 0 Å². The highest BCUT2D eigenvalue weighted by Gasteiger charge is 2.30. The van der Waals surface area contributed by atoms with E-state index in [2.05, 4.69) is 10.2 Å². The summed E-state index contributed by atoms with van der Waals surface area (Å²) in [5.74, 6) is 0.0511. The first kappa shape index (κ1) is 13.2. The highest BCUT2D eigenvalue weighted by molar-refractivity contribution is 7.93. The molecule has 0 aliphatic carbocycles. The Bertz CT molecular complexity index is 554. The van der Waals surface area contributed by atoms with E-state index in [1.807, 2.05) is 0 Å². The van der Waals surface area contributed by atoms with Crippen molar-refractivity contribution in [3.05, 3.63) is 0 Å². The van der Waals surface area contributed by atoms with Gasteiger partial charge in [0.05, 0.1) is 5.75 Å². The number of rotatable bonds is 4. The Morgan fingerprint density at radius 1 is 1.33 bits per heavy atom. The molecular weight excluding hydrogens is 276 g/mol. The maximum atomic E-state index is 11.8. The summed E-state index contributed by atoms with van der Waals surface area (Å²) in [6, 6.07) is -0.175. The predicted octanol–water partition coefficient (Wildman–Crippen LogP) is 0.594. The van der Waals surface area contributed by atoms with E-state index >= 15 is 0 Å². The van der Waals surface area contributed by atoms with Gasteiger partial charge in [0.15, 0.2) is 0 Å². The number of likely N-dealkylation sites (N-methyl/N-ethyl adjacent to an activating group) is 1. The summed E-state index contributed by atoms with van der Waals surface area (Å²) >= 11 is 0.951. The molecule has 2 rings (SSSR count). The van der Waals surface area contributed by atoms with Crippen molar-refractivity contribution in [1.29, 1.82) is 0 Å². The molecule has 0 atom stereocenters. The van der Waals surface area contributed by atoms with Gasteiger partial charge in [-0.3, -0.25) is 4.90 Å². The van der Waals surface area contributed by atoms with E-state index in [0.29, 0.717) is 24.6 Å². The number of sulfone groups is 1. The van der Waals surface area contributed by atoms with Gasteiger partial charge in [0.1, 0.15) is 0 Å². The molecular formula is C9H14N4O3S2. The molecule has 0 aromatic carbocycles. The third kappa shape index (κ3) is 2.32. The Morgan fingerprint density at radius 3 is 2.61 bits per heavy atom. The van der Waals surface area contributed by atoms with Gasteiger partial charge in [0.25, 0.3) is 0 Å². The molecule has 0 N–H and O–H groups in total. The van der Waals surface area contributed by atoms with E-state index < -0.39 is 9.84 Å². The van der Waals surface area contributed by atoms with E-state index in [1.165, 1.54) is 4.90 Å². The van der Waals surface area contributed by atoms with Crippen LogP contribution in [0.15, 0.2) is 4.34 Å². The van der Waals surface area contributed by atoms with Crippen molar-refractivity contribution < 1.29 is 13.2 Å². The molecule has 0 spiro atoms. The third-order valence-corrected chi connectivity index (χ3v) is 5.89. The van der Waals surface area contributed by atoms with Crippen molar-refractivity contribution in [3.63, 3.8) is 0 Å². The van der Waals surface area contributed by atoms with Crippen molar-refractivity contribution >= 4 is 32.3 Å². The van der Waals surface area contributed by atoms with Gasteiger partial charge in [-0.05, 0) is 6.42 Å². The smallest absolute Gasteiger partial charge is 0.326 e. The minimum Gasteiger partial charge on any atom is -0.326 e. The molecule has 1 aromatic heterocycles. The number of urea groups is 1. The maximum Gasteiger partial charge on any atom is 0.326 e. The summed E-state index contributed by atoms with van der Waals surface area (Å²) in [4.78, 5) is 14.7. The number of anilines is 1. The Balaban J connectivity index is 2.24. The molecule has 0 bridgehead atoms. The third-order valence-electron chi connectivity index (χ3n) is 2.58. The molecule has 2 heterocycles. The SMILES string of the molecule is CCCS(=O)(=O)c1nnc(N2CCN(C)C2=O)s1. The monoisotopic (exact) mass is 290 g/mol. The van der Waals surface area contributed by atoms with Crippen LogP contribution in [0.4, 0.5) is 9.93 Å². The van der Waals surface area contributed by atoms with Crippen molar-refractivity contribution in [1.82, 2.24) is 15.1 Å². The molecule has 18 heavy (non-hydrogen) atoms. The highest BCUT2D eigenvalue weighted by Crippen LogP contribution is 2.27. The molecule has 0 unspecified atom stereocenters. The van der Waals surface area contributed by atoms with Gasteiger partial charge < -0.3 is 4.90 Å². The van der Waals surface area contributed by atoms with Crippen LogP contribution >= 0.6 is 11.3 Å². The van der Waals surface area contributed by atoms with E-state index in [9.17, 15) is 13.2 Å². The Labute approximate surface area is 109 Å². The summed E-state index contributed by atoms with van der Waals surface area (Å²) in [5.41, 5.74) is 0. The molecule has 100 valence electrons. The maximum absolute atomic E-state index is 11.8. The molecule has 7 nitrogen and oxygen atoms in total. The van der Waals surface area contributed by atoms with Crippen LogP contribution in [0.3, 0.4) is 0 Å². The molecule has 0 saturated carbocycles. The fourth-order valence-electron chi connectivity index (χ4n) is 1.62. The molecule has 1 aromatic rings. The zero-order chi connectivity index (χ0) is 13.3. The topological polar surface area (TPSA) is 83.5 Å². The van der Waals surface area contributed by atoms with Crippen molar-refractivity contribution in [2.75, 3.05) is 30.8 Å². The minimum atomic E-state index is -3.36. The Morgan fingerprint density at radius 2 is 2.06 bits per heavy atom. The first-order chi connectivity index (χ1) is 8.45. The average molecular weight is 290 g/mol. The summed E-state index contributed by atoms with van der Waals surface area (Å²) in [6.45, 7) is 2.91. The number of carbonyl (C=O) groups excluding carboxylic acids is 1. The molecule has 1 saturated heterocycles. The summed E-state index contributed by atoms with van der Waals surface area (Å²) in [5, 5.41) is 7.82. The Kier molecular flexibility index (Phi) is 3.53. The summed E-state index contributed by atoms with van der Waals surface area (Å²) in [6.07, 6.45) is 0.530. The molecule has 1 fully saturated rings. The molecule has 1 aliphatic rings. The lowest BCUT2D eigenvalue weighted by Crippen LogP contribution is -2.29. The van der Waals surface area contributed by atoms with Gasteiger partial charge in [0.2, 0.25) is 19.3 Å². The molecule has 0 radical (unpaired) electrons. The predicted molar refractivity (Wildman–Crippen MR) is 67.6 cm³/mol. The van der Waals surface area contributed by atoms with Crippen LogP contribution < -0.4 is 4.90 Å². The van der Waals surface area contributed by atoms with Crippen LogP contribution in [-0.2, 0) is 9.84 Å². The number of hydrogen-bond acceptors (Lipinski definition) is 6. The lowest BCUT2D eigenvalue weighted by Gasteiger charge is -2.10. The van der Waals surface area contributed by atoms with Gasteiger partial charge in [0, 0.05) is 20.1 Å². The van der Waals surface area contributed by atoms with E-state index in [4.69, 9.17) is 0 Å². The number of hydrogen-bond donors (Lipinski definition) is 0. The minimum absolute atomic E-state index is 0.0123. The van der Waals surface area contributed by atoms with Gasteiger partial charge in [-0.1, -0.05) is 18.3 Å². The molecule has 2 amide bonds. The highest BCUT2D eigenvalue weighted by atomic mass is 32.2. The zero-order valence-electron chi connectivity index (χ0n) is 10.2. The molecule has 1 aliphatic heterocycles. The van der Waals surface area contributed by atoms with Crippen molar-refractivity contribution in [2.45, 2.75) is 17.7 Å². The quantitative estimate of drug-likeness (QED) is 0.758. The molecule has 9 heteroatoms. The fourth-order valence-corrected chi connectivity index (χ4v) is 4.08. The largest absolute Gasteiger partial charge is 0.326 e. The lowest BCUT2D eigenvalue weighted by molar-refractivity contribution is 0.229. The zero-order valence-corrected chi connectivity index (χ0v) is 11.8. The number of carbonyl (C=O) groups is 1. The first-order valence-electron chi connectivity index (χ1n) is 5.54. The van der Waals surface area contributed by atoms with E-state index in [1.54, 1.807) is 18.9 Å². The summed E-state index contributed by atoms with van der Waals surface area (Å²) in [7, 11) is -1.66. The second kappa shape index (κ2) is 4.81. The van der Waals surface area contributed by atoms with Crippen LogP contribution in [0.5, 0.6) is 0 Å². The second-order valence-electron chi connectivity index (χ2n) is 4.03. The lowest BCUT2D eigenvalue weighted by atomic mass is 10.6. The number of nitrogens with zero attached hydrogens (tertiary/aromatic N) is 4. The number of amides is 2. The number of aromatic nitrogens is 2. The van der Waals surface area contributed by atoms with Crippen LogP contribution in [0.2, 0.25) is 0 Å². The van der Waals surface area contributed by atoms with E-state index in [0.717, 1.165) is 11.3 Å². The van der Waals surface area contributed by atoms with Crippen LogP contribution in [0.1, 0.15) is 13.3 Å².